The molecule has 0 radical (unpaired) electrons. The molecule has 34 heavy (non-hydrogen) atoms. The first kappa shape index (κ1) is 24.5. The van der Waals surface area contributed by atoms with Gasteiger partial charge in [-0.3, -0.25) is 4.98 Å². The van der Waals surface area contributed by atoms with Gasteiger partial charge in [0, 0.05) is 29.3 Å². The van der Waals surface area contributed by atoms with Crippen LogP contribution in [-0.2, 0) is 22.3 Å². The summed E-state index contributed by atoms with van der Waals surface area (Å²) in [6.45, 7) is 7.07. The van der Waals surface area contributed by atoms with Crippen LogP contribution in [0.15, 0.2) is 41.0 Å². The molecule has 180 valence electrons. The summed E-state index contributed by atoms with van der Waals surface area (Å²) in [7, 11) is 1.40. The number of carbonyl (C=O) groups excluding carboxylic acids is 2. The quantitative estimate of drug-likeness (QED) is 0.473. The van der Waals surface area contributed by atoms with Gasteiger partial charge in [-0.2, -0.15) is 0 Å². The average Bonchev–Trinajstić information content (AvgIpc) is 2.92. The van der Waals surface area contributed by atoms with Crippen molar-refractivity contribution < 1.29 is 19.1 Å². The Kier molecular flexibility index (Phi) is 7.12. The number of esters is 1. The Labute approximate surface area is 209 Å². The van der Waals surface area contributed by atoms with Crippen molar-refractivity contribution in [2.45, 2.75) is 52.1 Å². The van der Waals surface area contributed by atoms with E-state index in [2.05, 4.69) is 28.1 Å². The molecule has 2 heterocycles. The van der Waals surface area contributed by atoms with Crippen molar-refractivity contribution in [1.82, 2.24) is 9.88 Å². The molecule has 0 atom stereocenters. The molecule has 1 aliphatic heterocycles. The summed E-state index contributed by atoms with van der Waals surface area (Å²) in [6.07, 6.45) is 5.39. The Balaban J connectivity index is 1.46. The summed E-state index contributed by atoms with van der Waals surface area (Å²) in [5.41, 5.74) is 5.48. The molecule has 7 heteroatoms. The van der Waals surface area contributed by atoms with Crippen LogP contribution >= 0.6 is 15.9 Å². The normalized spacial score (nSPS) is 16.4. The van der Waals surface area contributed by atoms with Crippen molar-refractivity contribution in [3.8, 4) is 0 Å². The Morgan fingerprint density at radius 2 is 1.91 bits per heavy atom. The lowest BCUT2D eigenvalue weighted by Gasteiger charge is -2.39. The maximum atomic E-state index is 12.1. The number of carbonyl (C=O) groups is 2. The summed E-state index contributed by atoms with van der Waals surface area (Å²) in [5, 5.41) is 0. The fourth-order valence-corrected chi connectivity index (χ4v) is 5.17. The van der Waals surface area contributed by atoms with Crippen LogP contribution in [0.25, 0.3) is 5.57 Å². The van der Waals surface area contributed by atoms with Crippen LogP contribution in [-0.4, -0.2) is 47.7 Å². The summed E-state index contributed by atoms with van der Waals surface area (Å²) in [6, 6.07) is 9.95. The zero-order valence-electron chi connectivity index (χ0n) is 20.2. The molecule has 2 aromatic rings. The van der Waals surface area contributed by atoms with Gasteiger partial charge in [0.15, 0.2) is 0 Å². The second-order valence-corrected chi connectivity index (χ2v) is 11.0. The number of methoxy groups -OCH3 is 1. The number of benzene rings is 1. The number of likely N-dealkylation sites (tertiary alicyclic amines) is 1. The Morgan fingerprint density at radius 3 is 2.56 bits per heavy atom. The largest absolute Gasteiger partial charge is 0.465 e. The Hall–Kier alpha value is -2.67. The maximum Gasteiger partial charge on any atom is 0.410 e. The molecule has 2 aliphatic rings. The van der Waals surface area contributed by atoms with Gasteiger partial charge < -0.3 is 14.4 Å². The molecule has 0 N–H and O–H groups in total. The maximum absolute atomic E-state index is 12.1. The molecular formula is C27H31BrN2O4. The molecule has 0 saturated carbocycles. The first-order chi connectivity index (χ1) is 16.1. The van der Waals surface area contributed by atoms with Gasteiger partial charge in [-0.25, -0.2) is 9.59 Å². The predicted octanol–water partition coefficient (Wildman–Crippen LogP) is 5.77. The number of nitrogens with zero attached hydrogens (tertiary/aromatic N) is 2. The van der Waals surface area contributed by atoms with Gasteiger partial charge in [-0.1, -0.05) is 28.1 Å². The van der Waals surface area contributed by atoms with Crippen LogP contribution in [0, 0.1) is 5.92 Å². The molecule has 4 rings (SSSR count). The Morgan fingerprint density at radius 1 is 1.15 bits per heavy atom. The topological polar surface area (TPSA) is 68.7 Å². The number of allylic oxidation sites excluding steroid dienone is 1. The number of hydrogen-bond donors (Lipinski definition) is 0. The summed E-state index contributed by atoms with van der Waals surface area (Å²) >= 11 is 3.79. The van der Waals surface area contributed by atoms with Crippen LogP contribution < -0.4 is 0 Å². The number of pyridine rings is 1. The van der Waals surface area contributed by atoms with Crippen LogP contribution in [0.3, 0.4) is 0 Å². The highest BCUT2D eigenvalue weighted by Gasteiger charge is 2.33. The number of aromatic nitrogens is 1. The molecule has 1 aliphatic carbocycles. The minimum Gasteiger partial charge on any atom is -0.465 e. The van der Waals surface area contributed by atoms with Crippen molar-refractivity contribution in [3.63, 3.8) is 0 Å². The molecule has 1 fully saturated rings. The van der Waals surface area contributed by atoms with E-state index in [-0.39, 0.29) is 12.1 Å². The van der Waals surface area contributed by atoms with Crippen molar-refractivity contribution in [2.75, 3.05) is 20.2 Å². The van der Waals surface area contributed by atoms with E-state index in [0.717, 1.165) is 58.1 Å². The lowest BCUT2D eigenvalue weighted by atomic mass is 9.92. The highest BCUT2D eigenvalue weighted by Crippen LogP contribution is 2.37. The highest BCUT2D eigenvalue weighted by molar-refractivity contribution is 9.11. The van der Waals surface area contributed by atoms with Gasteiger partial charge >= 0.3 is 12.1 Å². The Bertz CT molecular complexity index is 1110. The number of fused-ring (bicyclic) bond motifs is 1. The number of ether oxygens (including phenoxy) is 2. The molecule has 0 unspecified atom stereocenters. The van der Waals surface area contributed by atoms with E-state index >= 15 is 0 Å². The smallest absolute Gasteiger partial charge is 0.410 e. The number of hydrogen-bond acceptors (Lipinski definition) is 5. The molecule has 1 aromatic carbocycles. The number of amides is 1. The van der Waals surface area contributed by atoms with E-state index in [1.54, 1.807) is 4.90 Å². The molecule has 1 amide bonds. The fraction of sp³-hybridized carbons (Fsp3) is 0.444. The van der Waals surface area contributed by atoms with E-state index in [4.69, 9.17) is 14.5 Å². The van der Waals surface area contributed by atoms with Crippen molar-refractivity contribution >= 4 is 33.6 Å². The molecule has 1 saturated heterocycles. The predicted molar refractivity (Wildman–Crippen MR) is 135 cm³/mol. The third-order valence-electron chi connectivity index (χ3n) is 6.12. The molecular weight excluding hydrogens is 496 g/mol. The van der Waals surface area contributed by atoms with Crippen LogP contribution in [0.1, 0.15) is 66.4 Å². The standard InChI is InChI=1S/C27H31BrN2O4/c1-27(2,3)34-26(32)30-15-18(16-30)12-17-8-11-23(29-14-17)24-21-10-9-20(25(31)33-4)13-19(21)6-5-7-22(24)28/h8-11,13-14,18H,5-7,12,15-16H2,1-4H3. The number of halogens is 1. The third-order valence-corrected chi connectivity index (χ3v) is 6.92. The molecule has 0 bridgehead atoms. The molecule has 1 aromatic heterocycles. The first-order valence-corrected chi connectivity index (χ1v) is 12.5. The molecule has 0 spiro atoms. The second-order valence-electron chi connectivity index (χ2n) is 10.0. The lowest BCUT2D eigenvalue weighted by Crippen LogP contribution is -2.52. The van der Waals surface area contributed by atoms with Crippen molar-refractivity contribution in [1.29, 1.82) is 0 Å². The summed E-state index contributed by atoms with van der Waals surface area (Å²) < 4.78 is 11.5. The SMILES string of the molecule is COC(=O)c1ccc2c(c1)CCCC(Br)=C2c1ccc(CC2CN(C(=O)OC(C)(C)C)C2)cn1. The highest BCUT2D eigenvalue weighted by atomic mass is 79.9. The lowest BCUT2D eigenvalue weighted by molar-refractivity contribution is -0.000898. The van der Waals surface area contributed by atoms with E-state index < -0.39 is 5.60 Å². The number of rotatable bonds is 4. The van der Waals surface area contributed by atoms with Gasteiger partial charge in [0.2, 0.25) is 0 Å². The zero-order valence-corrected chi connectivity index (χ0v) is 21.8. The minimum atomic E-state index is -0.470. The average molecular weight is 527 g/mol. The third kappa shape index (κ3) is 5.52. The minimum absolute atomic E-state index is 0.239. The summed E-state index contributed by atoms with van der Waals surface area (Å²) in [4.78, 5) is 30.7. The van der Waals surface area contributed by atoms with Crippen molar-refractivity contribution in [2.24, 2.45) is 5.92 Å². The van der Waals surface area contributed by atoms with Crippen LogP contribution in [0.4, 0.5) is 4.79 Å². The van der Waals surface area contributed by atoms with E-state index in [1.165, 1.54) is 7.11 Å². The first-order valence-electron chi connectivity index (χ1n) is 11.7. The second kappa shape index (κ2) is 9.90. The van der Waals surface area contributed by atoms with Gasteiger partial charge in [-0.15, -0.1) is 0 Å². The fourth-order valence-electron chi connectivity index (χ4n) is 4.47. The van der Waals surface area contributed by atoms with Crippen LogP contribution in [0.5, 0.6) is 0 Å². The van der Waals surface area contributed by atoms with E-state index in [9.17, 15) is 9.59 Å². The van der Waals surface area contributed by atoms with Gasteiger partial charge in [0.25, 0.3) is 0 Å². The van der Waals surface area contributed by atoms with E-state index in [1.807, 2.05) is 45.2 Å². The van der Waals surface area contributed by atoms with Gasteiger partial charge in [-0.05, 0) is 87.3 Å². The van der Waals surface area contributed by atoms with E-state index in [0.29, 0.717) is 24.6 Å². The number of aryl methyl sites for hydroxylation is 1. The monoisotopic (exact) mass is 526 g/mol. The van der Waals surface area contributed by atoms with Gasteiger partial charge in [0.1, 0.15) is 5.60 Å². The molecule has 6 nitrogen and oxygen atoms in total. The zero-order chi connectivity index (χ0) is 24.5. The van der Waals surface area contributed by atoms with Crippen molar-refractivity contribution in [3.05, 3.63) is 69.0 Å². The van der Waals surface area contributed by atoms with Crippen LogP contribution in [0.2, 0.25) is 0 Å². The van der Waals surface area contributed by atoms with Gasteiger partial charge in [0.05, 0.1) is 18.4 Å². The summed E-state index contributed by atoms with van der Waals surface area (Å²) in [5.74, 6) is 0.0989.